The highest BCUT2D eigenvalue weighted by Crippen LogP contribution is 2.26. The standard InChI is InChI=1S/C19H24O3S/c1-3-5-8-14(4-2)12-22-19(21)11-17(20)16-13-23-18-10-7-6-9-15(16)18/h6-7,9-10,13-14H,3-5,8,11-12H2,1-2H3. The Morgan fingerprint density at radius 3 is 2.74 bits per heavy atom. The van der Waals surface area contributed by atoms with Crippen LogP contribution >= 0.6 is 11.3 Å². The Kier molecular flexibility index (Phi) is 6.78. The van der Waals surface area contributed by atoms with Crippen molar-refractivity contribution < 1.29 is 14.3 Å². The first-order chi connectivity index (χ1) is 11.2. The fourth-order valence-corrected chi connectivity index (χ4v) is 3.55. The highest BCUT2D eigenvalue weighted by molar-refractivity contribution is 7.17. The zero-order chi connectivity index (χ0) is 16.7. The molecular weight excluding hydrogens is 308 g/mol. The van der Waals surface area contributed by atoms with Crippen molar-refractivity contribution in [2.24, 2.45) is 5.92 Å². The molecule has 0 saturated heterocycles. The summed E-state index contributed by atoms with van der Waals surface area (Å²) in [6.45, 7) is 4.69. The molecule has 1 atom stereocenters. The average molecular weight is 332 g/mol. The van der Waals surface area contributed by atoms with Gasteiger partial charge in [0.15, 0.2) is 5.78 Å². The summed E-state index contributed by atoms with van der Waals surface area (Å²) >= 11 is 1.53. The Balaban J connectivity index is 1.88. The molecule has 0 amide bonds. The Labute approximate surface area is 141 Å². The number of Topliss-reactive ketones (excluding diaryl/α,β-unsaturated/α-hetero) is 1. The summed E-state index contributed by atoms with van der Waals surface area (Å²) in [6.07, 6.45) is 4.19. The number of thiophene rings is 1. The second kappa shape index (κ2) is 8.82. The van der Waals surface area contributed by atoms with Crippen molar-refractivity contribution >= 4 is 33.2 Å². The maximum Gasteiger partial charge on any atom is 0.313 e. The monoisotopic (exact) mass is 332 g/mol. The molecule has 1 heterocycles. The minimum Gasteiger partial charge on any atom is -0.465 e. The third-order valence-electron chi connectivity index (χ3n) is 4.11. The quantitative estimate of drug-likeness (QED) is 0.358. The topological polar surface area (TPSA) is 43.4 Å². The van der Waals surface area contributed by atoms with E-state index in [1.54, 1.807) is 0 Å². The third-order valence-corrected chi connectivity index (χ3v) is 5.07. The van der Waals surface area contributed by atoms with Crippen LogP contribution in [0, 0.1) is 5.92 Å². The Bertz CT molecular complexity index is 659. The van der Waals surface area contributed by atoms with Crippen molar-refractivity contribution in [1.29, 1.82) is 0 Å². The van der Waals surface area contributed by atoms with Crippen LogP contribution in [-0.4, -0.2) is 18.4 Å². The van der Waals surface area contributed by atoms with Crippen molar-refractivity contribution in [3.63, 3.8) is 0 Å². The van der Waals surface area contributed by atoms with E-state index in [1.165, 1.54) is 11.3 Å². The molecule has 3 nitrogen and oxygen atoms in total. The lowest BCUT2D eigenvalue weighted by Gasteiger charge is -2.14. The van der Waals surface area contributed by atoms with E-state index in [0.717, 1.165) is 35.8 Å². The number of fused-ring (bicyclic) bond motifs is 1. The minimum atomic E-state index is -0.416. The molecule has 0 fully saturated rings. The van der Waals surface area contributed by atoms with Crippen molar-refractivity contribution in [3.05, 3.63) is 35.2 Å². The number of carbonyl (C=O) groups excluding carboxylic acids is 2. The van der Waals surface area contributed by atoms with Gasteiger partial charge in [0.25, 0.3) is 0 Å². The summed E-state index contributed by atoms with van der Waals surface area (Å²) in [4.78, 5) is 24.3. The van der Waals surface area contributed by atoms with Crippen LogP contribution in [0.1, 0.15) is 56.3 Å². The van der Waals surface area contributed by atoms with E-state index in [0.29, 0.717) is 18.1 Å². The molecule has 2 aromatic rings. The number of benzene rings is 1. The molecule has 0 aliphatic heterocycles. The van der Waals surface area contributed by atoms with E-state index in [9.17, 15) is 9.59 Å². The van der Waals surface area contributed by atoms with Gasteiger partial charge in [-0.15, -0.1) is 11.3 Å². The number of rotatable bonds is 9. The van der Waals surface area contributed by atoms with Crippen LogP contribution in [0.4, 0.5) is 0 Å². The minimum absolute atomic E-state index is 0.158. The van der Waals surface area contributed by atoms with E-state index in [1.807, 2.05) is 29.6 Å². The van der Waals surface area contributed by atoms with Crippen LogP contribution in [0.25, 0.3) is 10.1 Å². The fraction of sp³-hybridized carbons (Fsp3) is 0.474. The predicted molar refractivity (Wildman–Crippen MR) is 95.0 cm³/mol. The Morgan fingerprint density at radius 1 is 1.22 bits per heavy atom. The summed E-state index contributed by atoms with van der Waals surface area (Å²) in [5.41, 5.74) is 0.626. The maximum atomic E-state index is 12.3. The number of hydrogen-bond donors (Lipinski definition) is 0. The molecule has 1 aromatic carbocycles. The average Bonchev–Trinajstić information content (AvgIpc) is 2.99. The molecule has 0 saturated carbocycles. The number of carbonyl (C=O) groups is 2. The lowest BCUT2D eigenvalue weighted by molar-refractivity contribution is -0.144. The first kappa shape index (κ1) is 17.7. The first-order valence-corrected chi connectivity index (χ1v) is 9.18. The van der Waals surface area contributed by atoms with Crippen LogP contribution in [0.5, 0.6) is 0 Å². The van der Waals surface area contributed by atoms with Gasteiger partial charge in [-0.1, -0.05) is 51.3 Å². The molecular formula is C19H24O3S. The predicted octanol–water partition coefficient (Wildman–Crippen LogP) is 5.23. The smallest absolute Gasteiger partial charge is 0.313 e. The molecule has 0 bridgehead atoms. The summed E-state index contributed by atoms with van der Waals surface area (Å²) in [5.74, 6) is -0.176. The molecule has 124 valence electrons. The van der Waals surface area contributed by atoms with Gasteiger partial charge in [-0.05, 0) is 18.4 Å². The van der Waals surface area contributed by atoms with Crippen LogP contribution < -0.4 is 0 Å². The Hall–Kier alpha value is -1.68. The van der Waals surface area contributed by atoms with Gasteiger partial charge in [0.1, 0.15) is 6.42 Å². The highest BCUT2D eigenvalue weighted by atomic mass is 32.1. The van der Waals surface area contributed by atoms with Gasteiger partial charge < -0.3 is 4.74 Å². The van der Waals surface area contributed by atoms with E-state index >= 15 is 0 Å². The molecule has 1 aromatic heterocycles. The van der Waals surface area contributed by atoms with Gasteiger partial charge in [0.2, 0.25) is 0 Å². The molecule has 23 heavy (non-hydrogen) atoms. The van der Waals surface area contributed by atoms with Gasteiger partial charge in [0, 0.05) is 21.0 Å². The van der Waals surface area contributed by atoms with Gasteiger partial charge in [-0.3, -0.25) is 9.59 Å². The molecule has 0 N–H and O–H groups in total. The van der Waals surface area contributed by atoms with E-state index in [4.69, 9.17) is 4.74 Å². The van der Waals surface area contributed by atoms with Crippen LogP contribution in [0.2, 0.25) is 0 Å². The SMILES string of the molecule is CCCCC(CC)COC(=O)CC(=O)c1csc2ccccc12. The number of ether oxygens (including phenoxy) is 1. The molecule has 4 heteroatoms. The fourth-order valence-electron chi connectivity index (χ4n) is 2.58. The van der Waals surface area contributed by atoms with Gasteiger partial charge >= 0.3 is 5.97 Å². The van der Waals surface area contributed by atoms with Crippen molar-refractivity contribution in [3.8, 4) is 0 Å². The second-order valence-electron chi connectivity index (χ2n) is 5.85. The van der Waals surface area contributed by atoms with E-state index < -0.39 is 5.97 Å². The molecule has 0 spiro atoms. The zero-order valence-corrected chi connectivity index (χ0v) is 14.7. The van der Waals surface area contributed by atoms with E-state index in [2.05, 4.69) is 13.8 Å². The normalized spacial score (nSPS) is 12.3. The van der Waals surface area contributed by atoms with Crippen LogP contribution in [0.15, 0.2) is 29.6 Å². The van der Waals surface area contributed by atoms with Crippen molar-refractivity contribution in [1.82, 2.24) is 0 Å². The number of hydrogen-bond acceptors (Lipinski definition) is 4. The van der Waals surface area contributed by atoms with Gasteiger partial charge in [0.05, 0.1) is 6.61 Å². The molecule has 0 aliphatic rings. The number of ketones is 1. The number of unbranched alkanes of at least 4 members (excludes halogenated alkanes) is 1. The summed E-state index contributed by atoms with van der Waals surface area (Å²) in [5, 5.41) is 2.75. The maximum absolute atomic E-state index is 12.3. The van der Waals surface area contributed by atoms with Crippen molar-refractivity contribution in [2.75, 3.05) is 6.61 Å². The number of esters is 1. The third kappa shape index (κ3) is 4.90. The largest absolute Gasteiger partial charge is 0.465 e. The Morgan fingerprint density at radius 2 is 2.00 bits per heavy atom. The lowest BCUT2D eigenvalue weighted by Crippen LogP contribution is -2.16. The first-order valence-electron chi connectivity index (χ1n) is 8.30. The van der Waals surface area contributed by atoms with Gasteiger partial charge in [-0.2, -0.15) is 0 Å². The molecule has 0 radical (unpaired) electrons. The van der Waals surface area contributed by atoms with Crippen molar-refractivity contribution in [2.45, 2.75) is 46.0 Å². The second-order valence-corrected chi connectivity index (χ2v) is 6.76. The zero-order valence-electron chi connectivity index (χ0n) is 13.8. The van der Waals surface area contributed by atoms with E-state index in [-0.39, 0.29) is 12.2 Å². The van der Waals surface area contributed by atoms with Crippen LogP contribution in [-0.2, 0) is 9.53 Å². The summed E-state index contributed by atoms with van der Waals surface area (Å²) in [6, 6.07) is 7.75. The summed E-state index contributed by atoms with van der Waals surface area (Å²) < 4.78 is 6.38. The van der Waals surface area contributed by atoms with Gasteiger partial charge in [-0.25, -0.2) is 0 Å². The summed E-state index contributed by atoms with van der Waals surface area (Å²) in [7, 11) is 0. The lowest BCUT2D eigenvalue weighted by atomic mass is 10.0. The van der Waals surface area contributed by atoms with Crippen LogP contribution in [0.3, 0.4) is 0 Å². The molecule has 1 unspecified atom stereocenters. The highest BCUT2D eigenvalue weighted by Gasteiger charge is 2.17. The molecule has 2 rings (SSSR count). The molecule has 0 aliphatic carbocycles.